The molecule has 0 saturated carbocycles. The predicted octanol–water partition coefficient (Wildman–Crippen LogP) is 4.39. The van der Waals surface area contributed by atoms with Gasteiger partial charge in [0.2, 0.25) is 0 Å². The van der Waals surface area contributed by atoms with E-state index in [4.69, 9.17) is 0 Å². The molecule has 1 aliphatic rings. The molecule has 0 saturated heterocycles. The quantitative estimate of drug-likeness (QED) is 0.583. The van der Waals surface area contributed by atoms with E-state index in [1.54, 1.807) is 30.6 Å². The van der Waals surface area contributed by atoms with Gasteiger partial charge in [-0.05, 0) is 66.2 Å². The molecule has 0 bridgehead atoms. The number of sulfonamides is 1. The normalized spacial score (nSPS) is 14.9. The maximum Gasteiger partial charge on any atom is 0.416 e. The molecule has 2 aromatic carbocycles. The van der Waals surface area contributed by atoms with E-state index in [9.17, 15) is 26.4 Å². The highest BCUT2D eigenvalue weighted by Gasteiger charge is 2.30. The molecular formula is C21H14F3N3O3S. The maximum absolute atomic E-state index is 12.8. The molecule has 1 amide bonds. The van der Waals surface area contributed by atoms with Crippen LogP contribution in [0.1, 0.15) is 16.7 Å². The fourth-order valence-electron chi connectivity index (χ4n) is 3.05. The third-order valence-electron chi connectivity index (χ3n) is 4.57. The molecule has 31 heavy (non-hydrogen) atoms. The number of alkyl halides is 3. The molecule has 158 valence electrons. The zero-order valence-corrected chi connectivity index (χ0v) is 16.5. The first-order valence-corrected chi connectivity index (χ1v) is 10.4. The van der Waals surface area contributed by atoms with Gasteiger partial charge in [0.15, 0.2) is 0 Å². The molecule has 1 aromatic heterocycles. The van der Waals surface area contributed by atoms with Gasteiger partial charge in [-0.1, -0.05) is 0 Å². The predicted molar refractivity (Wildman–Crippen MR) is 109 cm³/mol. The summed E-state index contributed by atoms with van der Waals surface area (Å²) in [6, 6.07) is 11.2. The molecule has 6 nitrogen and oxygen atoms in total. The van der Waals surface area contributed by atoms with Crippen molar-refractivity contribution in [3.05, 3.63) is 83.7 Å². The highest BCUT2D eigenvalue weighted by molar-refractivity contribution is 7.92. The van der Waals surface area contributed by atoms with Gasteiger partial charge < -0.3 is 5.32 Å². The highest BCUT2D eigenvalue weighted by atomic mass is 32.2. The SMILES string of the molecule is O=C1Nc2ccc(S(=O)(=O)Nc3ccc(C(F)(F)F)cc3)cc2C1=Cc1ccncc1. The minimum Gasteiger partial charge on any atom is -0.321 e. The summed E-state index contributed by atoms with van der Waals surface area (Å²) in [5.41, 5.74) is 0.950. The summed E-state index contributed by atoms with van der Waals surface area (Å²) in [4.78, 5) is 16.1. The molecule has 3 aromatic rings. The van der Waals surface area contributed by atoms with E-state index in [0.29, 0.717) is 16.8 Å². The van der Waals surface area contributed by atoms with E-state index < -0.39 is 21.8 Å². The van der Waals surface area contributed by atoms with Crippen LogP contribution in [0.2, 0.25) is 0 Å². The van der Waals surface area contributed by atoms with Gasteiger partial charge in [0, 0.05) is 34.9 Å². The largest absolute Gasteiger partial charge is 0.416 e. The molecule has 10 heteroatoms. The Morgan fingerprint density at radius 3 is 2.29 bits per heavy atom. The summed E-state index contributed by atoms with van der Waals surface area (Å²) < 4.78 is 65.9. The van der Waals surface area contributed by atoms with Gasteiger partial charge in [0.05, 0.1) is 10.5 Å². The lowest BCUT2D eigenvalue weighted by atomic mass is 10.0. The molecule has 4 rings (SSSR count). The van der Waals surface area contributed by atoms with Gasteiger partial charge >= 0.3 is 6.18 Å². The average Bonchev–Trinajstić information content (AvgIpc) is 3.03. The summed E-state index contributed by atoms with van der Waals surface area (Å²) in [6.45, 7) is 0. The lowest BCUT2D eigenvalue weighted by Gasteiger charge is -2.11. The number of anilines is 2. The van der Waals surface area contributed by atoms with Crippen molar-refractivity contribution in [2.24, 2.45) is 0 Å². The van der Waals surface area contributed by atoms with Crippen molar-refractivity contribution in [3.8, 4) is 0 Å². The molecule has 0 unspecified atom stereocenters. The van der Waals surface area contributed by atoms with Crippen molar-refractivity contribution in [3.63, 3.8) is 0 Å². The van der Waals surface area contributed by atoms with Crippen LogP contribution in [0.4, 0.5) is 24.5 Å². The first-order valence-electron chi connectivity index (χ1n) is 8.91. The smallest absolute Gasteiger partial charge is 0.321 e. The number of nitrogens with zero attached hydrogens (tertiary/aromatic N) is 1. The third kappa shape index (κ3) is 4.29. The Morgan fingerprint density at radius 2 is 1.65 bits per heavy atom. The number of pyridine rings is 1. The molecule has 1 aliphatic heterocycles. The number of halogens is 3. The summed E-state index contributed by atoms with van der Waals surface area (Å²) in [6.07, 6.45) is 0.223. The molecule has 0 fully saturated rings. The van der Waals surface area contributed by atoms with Crippen molar-refractivity contribution < 1.29 is 26.4 Å². The molecule has 0 aliphatic carbocycles. The topological polar surface area (TPSA) is 88.2 Å². The van der Waals surface area contributed by atoms with E-state index in [2.05, 4.69) is 15.0 Å². The number of benzene rings is 2. The number of carbonyl (C=O) groups is 1. The maximum atomic E-state index is 12.8. The van der Waals surface area contributed by atoms with Crippen molar-refractivity contribution in [2.75, 3.05) is 10.0 Å². The molecule has 2 N–H and O–H groups in total. The van der Waals surface area contributed by atoms with Crippen molar-refractivity contribution in [1.82, 2.24) is 4.98 Å². The summed E-state index contributed by atoms with van der Waals surface area (Å²) in [5, 5.41) is 2.67. The highest BCUT2D eigenvalue weighted by Crippen LogP contribution is 2.35. The van der Waals surface area contributed by atoms with Crippen LogP contribution >= 0.6 is 0 Å². The lowest BCUT2D eigenvalue weighted by Crippen LogP contribution is -2.13. The van der Waals surface area contributed by atoms with E-state index in [-0.39, 0.29) is 22.1 Å². The fourth-order valence-corrected chi connectivity index (χ4v) is 4.13. The Kier molecular flexibility index (Phi) is 5.02. The number of rotatable bonds is 4. The first kappa shape index (κ1) is 20.6. The van der Waals surface area contributed by atoms with Crippen molar-refractivity contribution in [1.29, 1.82) is 0 Å². The Labute approximate surface area is 175 Å². The fraction of sp³-hybridized carbons (Fsp3) is 0.0476. The molecule has 0 atom stereocenters. The summed E-state index contributed by atoms with van der Waals surface area (Å²) >= 11 is 0. The van der Waals surface area contributed by atoms with Crippen molar-refractivity contribution in [2.45, 2.75) is 11.1 Å². The zero-order valence-electron chi connectivity index (χ0n) is 15.6. The van der Waals surface area contributed by atoms with E-state index >= 15 is 0 Å². The van der Waals surface area contributed by atoms with Crippen LogP contribution in [0.25, 0.3) is 11.6 Å². The van der Waals surface area contributed by atoms with E-state index in [1.807, 2.05) is 0 Å². The Balaban J connectivity index is 1.65. The third-order valence-corrected chi connectivity index (χ3v) is 5.94. The van der Waals surface area contributed by atoms with Gasteiger partial charge in [0.25, 0.3) is 15.9 Å². The van der Waals surface area contributed by atoms with Gasteiger partial charge in [0.1, 0.15) is 0 Å². The summed E-state index contributed by atoms with van der Waals surface area (Å²) in [5.74, 6) is -0.378. The van der Waals surface area contributed by atoms with Crippen molar-refractivity contribution >= 4 is 39.0 Å². The van der Waals surface area contributed by atoms with Crippen LogP contribution in [-0.2, 0) is 21.0 Å². The van der Waals surface area contributed by atoms with Crippen LogP contribution in [-0.4, -0.2) is 19.3 Å². The van der Waals surface area contributed by atoms with E-state index in [1.165, 1.54) is 18.2 Å². The summed E-state index contributed by atoms with van der Waals surface area (Å²) in [7, 11) is -4.10. The van der Waals surface area contributed by atoms with Gasteiger partial charge in [-0.2, -0.15) is 13.2 Å². The first-order chi connectivity index (χ1) is 14.6. The van der Waals surface area contributed by atoms with E-state index in [0.717, 1.165) is 24.3 Å². The minimum atomic E-state index is -4.52. The van der Waals surface area contributed by atoms with Crippen LogP contribution in [0, 0.1) is 0 Å². The Hall–Kier alpha value is -3.66. The zero-order chi connectivity index (χ0) is 22.2. The number of hydrogen-bond acceptors (Lipinski definition) is 4. The number of fused-ring (bicyclic) bond motifs is 1. The van der Waals surface area contributed by atoms with Crippen LogP contribution in [0.5, 0.6) is 0 Å². The second-order valence-electron chi connectivity index (χ2n) is 6.68. The standard InChI is InChI=1S/C21H14F3N3O3S/c22-21(23,24)14-1-3-15(4-2-14)27-31(29,30)16-5-6-19-17(12-16)18(20(28)26-19)11-13-7-9-25-10-8-13/h1-12,27H,(H,26,28). The number of nitrogens with one attached hydrogen (secondary N) is 2. The number of aromatic nitrogens is 1. The number of amides is 1. The molecular weight excluding hydrogens is 431 g/mol. The minimum absolute atomic E-state index is 0.0183. The second-order valence-corrected chi connectivity index (χ2v) is 8.36. The monoisotopic (exact) mass is 445 g/mol. The molecule has 0 spiro atoms. The van der Waals surface area contributed by atoms with Crippen LogP contribution < -0.4 is 10.0 Å². The average molecular weight is 445 g/mol. The second kappa shape index (κ2) is 7.55. The Bertz CT molecular complexity index is 1290. The molecule has 0 radical (unpaired) electrons. The van der Waals surface area contributed by atoms with Crippen LogP contribution in [0.3, 0.4) is 0 Å². The number of hydrogen-bond donors (Lipinski definition) is 2. The molecule has 2 heterocycles. The Morgan fingerprint density at radius 1 is 0.968 bits per heavy atom. The number of carbonyl (C=O) groups excluding carboxylic acids is 1. The van der Waals surface area contributed by atoms with Gasteiger partial charge in [-0.25, -0.2) is 8.42 Å². The van der Waals surface area contributed by atoms with Gasteiger partial charge in [-0.15, -0.1) is 0 Å². The lowest BCUT2D eigenvalue weighted by molar-refractivity contribution is -0.137. The van der Waals surface area contributed by atoms with Gasteiger partial charge in [-0.3, -0.25) is 14.5 Å². The van der Waals surface area contributed by atoms with Crippen LogP contribution in [0.15, 0.2) is 71.9 Å².